The Labute approximate surface area is 204 Å². The number of hydrogen-bond acceptors (Lipinski definition) is 10. The fourth-order valence-electron chi connectivity index (χ4n) is 2.08. The first-order chi connectivity index (χ1) is 13.2. The first-order valence-corrected chi connectivity index (χ1v) is 7.03. The predicted octanol–water partition coefficient (Wildman–Crippen LogP) is -11.2. The van der Waals surface area contributed by atoms with Gasteiger partial charge in [0.05, 0.1) is 12.0 Å². The van der Waals surface area contributed by atoms with E-state index in [2.05, 4.69) is 19.9 Å². The molecule has 30 heavy (non-hydrogen) atoms. The fraction of sp³-hybridized carbons (Fsp3) is 0. The van der Waals surface area contributed by atoms with Crippen molar-refractivity contribution >= 4 is 22.1 Å². The van der Waals surface area contributed by atoms with Crippen molar-refractivity contribution in [2.24, 2.45) is 0 Å². The molecule has 0 amide bonds. The van der Waals surface area contributed by atoms with E-state index in [0.717, 1.165) is 0 Å². The average molecular weight is 436 g/mol. The number of H-pyrrole nitrogens is 6. The number of aromatic amines is 6. The minimum atomic E-state index is -0.931. The predicted molar refractivity (Wildman–Crippen MR) is 86.1 cm³/mol. The van der Waals surface area contributed by atoms with Crippen LogP contribution < -0.4 is 103 Å². The second kappa shape index (κ2) is 9.83. The Kier molecular flexibility index (Phi) is 8.28. The quantitative estimate of drug-likeness (QED) is 0.142. The van der Waals surface area contributed by atoms with Gasteiger partial charge in [0.2, 0.25) is 0 Å². The van der Waals surface area contributed by atoms with Crippen molar-refractivity contribution in [2.75, 3.05) is 0 Å². The molecule has 16 nitrogen and oxygen atoms in total. The third-order valence-corrected chi connectivity index (χ3v) is 3.16. The van der Waals surface area contributed by atoms with Gasteiger partial charge in [-0.1, -0.05) is 0 Å². The molecule has 0 aliphatic carbocycles. The SMILES string of the molecule is O=c1[nH]c(=O)c2nc([O-])[nH]c(=O)c2[nH]1.O=c1[nH]c(=O)c2nc([O-])[nH]c(=O)c2[nH]1.[Na+].[Na+]. The van der Waals surface area contributed by atoms with Crippen molar-refractivity contribution in [3.63, 3.8) is 0 Å². The maximum Gasteiger partial charge on any atom is 1.00 e. The van der Waals surface area contributed by atoms with Gasteiger partial charge in [-0.15, -0.1) is 0 Å². The van der Waals surface area contributed by atoms with E-state index < -0.39 is 45.6 Å². The minimum absolute atomic E-state index is 0. The molecule has 0 aromatic carbocycles. The molecular formula is C12H6N8Na2O8. The molecular weight excluding hydrogens is 430 g/mol. The molecule has 6 N–H and O–H groups in total. The van der Waals surface area contributed by atoms with Gasteiger partial charge >= 0.3 is 70.5 Å². The average Bonchev–Trinajstić information content (AvgIpc) is 2.58. The van der Waals surface area contributed by atoms with Crippen molar-refractivity contribution in [3.8, 4) is 12.0 Å². The Balaban J connectivity index is 0.000000281. The van der Waals surface area contributed by atoms with E-state index in [-0.39, 0.29) is 81.2 Å². The molecule has 0 unspecified atom stereocenters. The Morgan fingerprint density at radius 3 is 1.17 bits per heavy atom. The van der Waals surface area contributed by atoms with Crippen LogP contribution in [0.5, 0.6) is 12.0 Å². The fourth-order valence-corrected chi connectivity index (χ4v) is 2.08. The second-order valence-electron chi connectivity index (χ2n) is 5.01. The molecule has 4 aromatic rings. The minimum Gasteiger partial charge on any atom is -0.846 e. The Morgan fingerprint density at radius 2 is 0.833 bits per heavy atom. The summed E-state index contributed by atoms with van der Waals surface area (Å²) >= 11 is 0. The van der Waals surface area contributed by atoms with E-state index in [4.69, 9.17) is 0 Å². The van der Waals surface area contributed by atoms with E-state index in [1.807, 2.05) is 19.9 Å². The summed E-state index contributed by atoms with van der Waals surface area (Å²) in [6.07, 6.45) is 0. The number of fused-ring (bicyclic) bond motifs is 2. The van der Waals surface area contributed by atoms with E-state index in [9.17, 15) is 39.0 Å². The van der Waals surface area contributed by atoms with Crippen LogP contribution in [0.15, 0.2) is 28.8 Å². The third-order valence-electron chi connectivity index (χ3n) is 3.16. The summed E-state index contributed by atoms with van der Waals surface area (Å²) in [5.41, 5.74) is -6.44. The van der Waals surface area contributed by atoms with Gasteiger partial charge in [0.15, 0.2) is 11.0 Å². The molecule has 0 radical (unpaired) electrons. The van der Waals surface area contributed by atoms with Gasteiger partial charge in [0.1, 0.15) is 11.0 Å². The largest absolute Gasteiger partial charge is 1.00 e. The molecule has 4 aromatic heterocycles. The van der Waals surface area contributed by atoms with Gasteiger partial charge in [-0.25, -0.2) is 19.6 Å². The van der Waals surface area contributed by atoms with Crippen molar-refractivity contribution in [3.05, 3.63) is 62.4 Å². The molecule has 0 spiro atoms. The van der Waals surface area contributed by atoms with Crippen LogP contribution in [0.1, 0.15) is 0 Å². The van der Waals surface area contributed by atoms with Crippen LogP contribution in [-0.4, -0.2) is 39.9 Å². The van der Waals surface area contributed by atoms with Crippen molar-refractivity contribution in [1.29, 1.82) is 0 Å². The van der Waals surface area contributed by atoms with Gasteiger partial charge in [-0.2, -0.15) is 0 Å². The first-order valence-electron chi connectivity index (χ1n) is 7.03. The normalized spacial score (nSPS) is 9.87. The molecule has 4 heterocycles. The summed E-state index contributed by atoms with van der Waals surface area (Å²) < 4.78 is 0. The summed E-state index contributed by atoms with van der Waals surface area (Å²) in [7, 11) is 0. The maximum absolute atomic E-state index is 11.1. The molecule has 144 valence electrons. The first kappa shape index (κ1) is 25.3. The molecule has 4 rings (SSSR count). The van der Waals surface area contributed by atoms with E-state index in [1.54, 1.807) is 0 Å². The molecule has 0 fully saturated rings. The zero-order valence-corrected chi connectivity index (χ0v) is 19.2. The molecule has 0 bridgehead atoms. The van der Waals surface area contributed by atoms with Crippen LogP contribution in [0, 0.1) is 0 Å². The molecule has 0 atom stereocenters. The van der Waals surface area contributed by atoms with Crippen LogP contribution in [0.2, 0.25) is 0 Å². The zero-order chi connectivity index (χ0) is 20.6. The van der Waals surface area contributed by atoms with Crippen LogP contribution in [0.4, 0.5) is 0 Å². The Bertz CT molecular complexity index is 1460. The summed E-state index contributed by atoms with van der Waals surface area (Å²) in [5.74, 6) is 0. The molecule has 0 saturated carbocycles. The van der Waals surface area contributed by atoms with Gasteiger partial charge in [0.25, 0.3) is 22.2 Å². The maximum atomic E-state index is 11.1. The molecule has 0 saturated heterocycles. The number of nitrogens with zero attached hydrogens (tertiary/aromatic N) is 2. The number of aromatic nitrogens is 8. The van der Waals surface area contributed by atoms with Gasteiger partial charge < -0.3 is 30.1 Å². The van der Waals surface area contributed by atoms with E-state index in [1.165, 1.54) is 0 Å². The van der Waals surface area contributed by atoms with Crippen LogP contribution in [0.3, 0.4) is 0 Å². The van der Waals surface area contributed by atoms with Crippen LogP contribution in [-0.2, 0) is 0 Å². The van der Waals surface area contributed by atoms with Gasteiger partial charge in [0, 0.05) is 0 Å². The summed E-state index contributed by atoms with van der Waals surface area (Å²) in [4.78, 5) is 83.8. The number of hydrogen-bond donors (Lipinski definition) is 6. The molecule has 0 aliphatic heterocycles. The number of nitrogens with one attached hydrogen (secondary N) is 6. The monoisotopic (exact) mass is 436 g/mol. The van der Waals surface area contributed by atoms with Crippen molar-refractivity contribution < 1.29 is 69.3 Å². The zero-order valence-electron chi connectivity index (χ0n) is 15.2. The van der Waals surface area contributed by atoms with Gasteiger partial charge in [-0.3, -0.25) is 29.1 Å². The molecule has 0 aliphatic rings. The summed E-state index contributed by atoms with van der Waals surface area (Å²) in [6, 6.07) is -1.86. The van der Waals surface area contributed by atoms with Crippen molar-refractivity contribution in [1.82, 2.24) is 39.9 Å². The summed E-state index contributed by atoms with van der Waals surface area (Å²) in [6.45, 7) is 0. The Morgan fingerprint density at radius 1 is 0.500 bits per heavy atom. The topological polar surface area (TPSA) is 269 Å². The molecule has 18 heteroatoms. The van der Waals surface area contributed by atoms with Crippen LogP contribution >= 0.6 is 0 Å². The van der Waals surface area contributed by atoms with Gasteiger partial charge in [-0.05, 0) is 0 Å². The standard InChI is InChI=1S/2C6H4N4O4.2Na/c2*11-3-1-2(8-6(14)9-3)4(12)10-5(13)7-1;;/h2*(H2,7,10,12,13)(H2,8,9,11,14);;/q;;2*+1/p-2. The Hall–Kier alpha value is -2.76. The number of rotatable bonds is 0. The third kappa shape index (κ3) is 5.23. The second-order valence-corrected chi connectivity index (χ2v) is 5.01. The van der Waals surface area contributed by atoms with E-state index >= 15 is 0 Å². The smallest absolute Gasteiger partial charge is 0.846 e. The van der Waals surface area contributed by atoms with Crippen molar-refractivity contribution in [2.45, 2.75) is 0 Å². The van der Waals surface area contributed by atoms with Crippen LogP contribution in [0.25, 0.3) is 22.1 Å². The summed E-state index contributed by atoms with van der Waals surface area (Å²) in [5, 5.41) is 21.5. The van der Waals surface area contributed by atoms with E-state index in [0.29, 0.717) is 0 Å².